The van der Waals surface area contributed by atoms with Gasteiger partial charge in [-0.1, -0.05) is 26.0 Å². The maximum Gasteiger partial charge on any atom is 0.328 e. The molecule has 0 saturated heterocycles. The Morgan fingerprint density at radius 3 is 2.48 bits per heavy atom. The molecule has 21 heavy (non-hydrogen) atoms. The largest absolute Gasteiger partial charge is 0.424 e. The summed E-state index contributed by atoms with van der Waals surface area (Å²) in [6, 6.07) is 8.11. The highest BCUT2D eigenvalue weighted by Crippen LogP contribution is 2.24. The Kier molecular flexibility index (Phi) is 5.33. The van der Waals surface area contributed by atoms with Crippen molar-refractivity contribution >= 4 is 17.5 Å². The molecule has 1 heterocycles. The number of nitrogens with one attached hydrogen (secondary N) is 1. The summed E-state index contributed by atoms with van der Waals surface area (Å²) in [6.45, 7) is 7.02. The average molecular weight is 307 g/mol. The number of hydrogen-bond acceptors (Lipinski definition) is 5. The fourth-order valence-electron chi connectivity index (χ4n) is 1.82. The second-order valence-corrected chi connectivity index (χ2v) is 5.06. The summed E-state index contributed by atoms with van der Waals surface area (Å²) in [4.78, 5) is 12.1. The van der Waals surface area contributed by atoms with Crippen molar-refractivity contribution in [1.82, 2.24) is 15.0 Å². The zero-order valence-electron chi connectivity index (χ0n) is 12.4. The molecule has 0 saturated carbocycles. The third-order valence-corrected chi connectivity index (χ3v) is 3.36. The van der Waals surface area contributed by atoms with Crippen LogP contribution in [0, 0.1) is 0 Å². The molecule has 1 unspecified atom stereocenters. The first-order chi connectivity index (χ1) is 10.1. The molecule has 1 N–H and O–H groups in total. The zero-order valence-corrected chi connectivity index (χ0v) is 13.2. The molecule has 1 aromatic carbocycles. The van der Waals surface area contributed by atoms with E-state index in [9.17, 15) is 0 Å². The Morgan fingerprint density at radius 1 is 1.14 bits per heavy atom. The van der Waals surface area contributed by atoms with E-state index in [0.29, 0.717) is 24.2 Å². The predicted octanol–water partition coefficient (Wildman–Crippen LogP) is 4.26. The van der Waals surface area contributed by atoms with Crippen molar-refractivity contribution in [2.24, 2.45) is 0 Å². The molecule has 0 fully saturated rings. The van der Waals surface area contributed by atoms with Crippen LogP contribution < -0.4 is 10.1 Å². The maximum atomic E-state index is 5.86. The first kappa shape index (κ1) is 15.5. The fourth-order valence-corrected chi connectivity index (χ4v) is 1.97. The molecule has 0 bridgehead atoms. The van der Waals surface area contributed by atoms with Crippen molar-refractivity contribution in [3.05, 3.63) is 35.1 Å². The quantitative estimate of drug-likeness (QED) is 0.864. The fraction of sp³-hybridized carbons (Fsp3) is 0.400. The lowest BCUT2D eigenvalue weighted by Gasteiger charge is -2.10. The first-order valence-corrected chi connectivity index (χ1v) is 7.43. The van der Waals surface area contributed by atoms with Gasteiger partial charge in [0, 0.05) is 6.54 Å². The number of nitrogens with zero attached hydrogens (tertiary/aromatic N) is 3. The molecule has 0 amide bonds. The van der Waals surface area contributed by atoms with Gasteiger partial charge in [0.1, 0.15) is 5.75 Å². The van der Waals surface area contributed by atoms with Gasteiger partial charge in [0.2, 0.25) is 11.2 Å². The smallest absolute Gasteiger partial charge is 0.328 e. The molecule has 0 spiro atoms. The van der Waals surface area contributed by atoms with E-state index < -0.39 is 0 Å². The van der Waals surface area contributed by atoms with Crippen LogP contribution in [0.3, 0.4) is 0 Å². The Bertz CT molecular complexity index is 589. The minimum absolute atomic E-state index is 0.104. The molecule has 0 radical (unpaired) electrons. The number of aromatic nitrogens is 3. The molecule has 1 atom stereocenters. The molecule has 2 aromatic rings. The lowest BCUT2D eigenvalue weighted by Crippen LogP contribution is -2.04. The number of hydrogen-bond donors (Lipinski definition) is 1. The SMILES string of the molecule is CCNc1nc(Cl)nc(Oc2ccc(C(C)CC)cc2)n1. The highest BCUT2D eigenvalue weighted by molar-refractivity contribution is 6.28. The van der Waals surface area contributed by atoms with Gasteiger partial charge in [-0.15, -0.1) is 0 Å². The monoisotopic (exact) mass is 306 g/mol. The van der Waals surface area contributed by atoms with Crippen LogP contribution >= 0.6 is 11.6 Å². The van der Waals surface area contributed by atoms with E-state index in [1.807, 2.05) is 19.1 Å². The van der Waals surface area contributed by atoms with Crippen LogP contribution in [0.4, 0.5) is 5.95 Å². The topological polar surface area (TPSA) is 59.9 Å². The highest BCUT2D eigenvalue weighted by Gasteiger charge is 2.08. The van der Waals surface area contributed by atoms with Gasteiger partial charge in [0.15, 0.2) is 0 Å². The molecule has 112 valence electrons. The number of halogens is 1. The van der Waals surface area contributed by atoms with Gasteiger partial charge in [0.25, 0.3) is 0 Å². The highest BCUT2D eigenvalue weighted by atomic mass is 35.5. The normalized spacial score (nSPS) is 12.0. The zero-order chi connectivity index (χ0) is 15.2. The van der Waals surface area contributed by atoms with Gasteiger partial charge in [0.05, 0.1) is 0 Å². The maximum absolute atomic E-state index is 5.86. The number of ether oxygens (including phenoxy) is 1. The molecule has 5 nitrogen and oxygen atoms in total. The second kappa shape index (κ2) is 7.22. The van der Waals surface area contributed by atoms with Crippen molar-refractivity contribution in [2.45, 2.75) is 33.1 Å². The molecule has 2 rings (SSSR count). The molecular formula is C15H19ClN4O. The lowest BCUT2D eigenvalue weighted by molar-refractivity contribution is 0.440. The number of rotatable bonds is 6. The van der Waals surface area contributed by atoms with Gasteiger partial charge >= 0.3 is 6.01 Å². The Balaban J connectivity index is 2.14. The molecule has 0 aliphatic heterocycles. The van der Waals surface area contributed by atoms with Crippen LogP contribution in [0.2, 0.25) is 5.28 Å². The summed E-state index contributed by atoms with van der Waals surface area (Å²) in [6.07, 6.45) is 1.11. The van der Waals surface area contributed by atoms with Crippen molar-refractivity contribution in [3.63, 3.8) is 0 Å². The van der Waals surface area contributed by atoms with Crippen molar-refractivity contribution in [2.75, 3.05) is 11.9 Å². The molecule has 1 aromatic heterocycles. The van der Waals surface area contributed by atoms with Gasteiger partial charge in [-0.05, 0) is 48.6 Å². The van der Waals surface area contributed by atoms with E-state index in [4.69, 9.17) is 16.3 Å². The van der Waals surface area contributed by atoms with Gasteiger partial charge in [-0.3, -0.25) is 0 Å². The number of anilines is 1. The third kappa shape index (κ3) is 4.29. The van der Waals surface area contributed by atoms with Gasteiger partial charge in [-0.25, -0.2) is 0 Å². The first-order valence-electron chi connectivity index (χ1n) is 7.05. The van der Waals surface area contributed by atoms with E-state index in [1.165, 1.54) is 5.56 Å². The van der Waals surface area contributed by atoms with E-state index in [2.05, 4.69) is 46.2 Å². The summed E-state index contributed by atoms with van der Waals surface area (Å²) in [5.41, 5.74) is 1.28. The lowest BCUT2D eigenvalue weighted by atomic mass is 9.99. The van der Waals surface area contributed by atoms with E-state index in [-0.39, 0.29) is 11.3 Å². The van der Waals surface area contributed by atoms with Crippen LogP contribution in [0.15, 0.2) is 24.3 Å². The Morgan fingerprint density at radius 2 is 1.86 bits per heavy atom. The molecule has 0 aliphatic rings. The Hall–Kier alpha value is -1.88. The van der Waals surface area contributed by atoms with Crippen LogP contribution in [0.5, 0.6) is 11.8 Å². The van der Waals surface area contributed by atoms with E-state index in [0.717, 1.165) is 6.42 Å². The molecule has 0 aliphatic carbocycles. The van der Waals surface area contributed by atoms with E-state index >= 15 is 0 Å². The molecule has 6 heteroatoms. The standard InChI is InChI=1S/C15H19ClN4O/c1-4-10(3)11-6-8-12(9-7-11)21-15-19-13(16)18-14(20-15)17-5-2/h6-10H,4-5H2,1-3H3,(H,17,18,19,20). The Labute approximate surface area is 129 Å². The average Bonchev–Trinajstić information content (AvgIpc) is 2.47. The van der Waals surface area contributed by atoms with Crippen LogP contribution in [0.1, 0.15) is 38.7 Å². The third-order valence-electron chi connectivity index (χ3n) is 3.19. The van der Waals surface area contributed by atoms with Gasteiger partial charge in [-0.2, -0.15) is 15.0 Å². The number of benzene rings is 1. The minimum Gasteiger partial charge on any atom is -0.424 e. The second-order valence-electron chi connectivity index (χ2n) is 4.72. The molecular weight excluding hydrogens is 288 g/mol. The van der Waals surface area contributed by atoms with Gasteiger partial charge < -0.3 is 10.1 Å². The van der Waals surface area contributed by atoms with Crippen LogP contribution in [0.25, 0.3) is 0 Å². The van der Waals surface area contributed by atoms with Crippen molar-refractivity contribution in [3.8, 4) is 11.8 Å². The summed E-state index contributed by atoms with van der Waals surface area (Å²) >= 11 is 5.86. The minimum atomic E-state index is 0.104. The van der Waals surface area contributed by atoms with Crippen LogP contribution in [-0.4, -0.2) is 21.5 Å². The summed E-state index contributed by atoms with van der Waals surface area (Å²) in [7, 11) is 0. The summed E-state index contributed by atoms with van der Waals surface area (Å²) in [5, 5.41) is 3.08. The van der Waals surface area contributed by atoms with Crippen LogP contribution in [-0.2, 0) is 0 Å². The predicted molar refractivity (Wildman–Crippen MR) is 84.2 cm³/mol. The van der Waals surface area contributed by atoms with E-state index in [1.54, 1.807) is 0 Å². The summed E-state index contributed by atoms with van der Waals surface area (Å²) < 4.78 is 5.63. The summed E-state index contributed by atoms with van der Waals surface area (Å²) in [5.74, 6) is 1.61. The van der Waals surface area contributed by atoms with Crippen molar-refractivity contribution < 1.29 is 4.74 Å². The van der Waals surface area contributed by atoms with Crippen molar-refractivity contribution in [1.29, 1.82) is 0 Å².